The van der Waals surface area contributed by atoms with Gasteiger partial charge in [-0.1, -0.05) is 192 Å². The summed E-state index contributed by atoms with van der Waals surface area (Å²) in [4.78, 5) is 23.2. The minimum Gasteiger partial charge on any atom is -0.232 e. The van der Waals surface area contributed by atoms with Crippen LogP contribution < -0.4 is 22.8 Å². The van der Waals surface area contributed by atoms with E-state index >= 15 is 0 Å². The number of aromatic nitrogens is 10. The van der Waals surface area contributed by atoms with Gasteiger partial charge in [-0.2, -0.15) is 0 Å². The van der Waals surface area contributed by atoms with Crippen molar-refractivity contribution in [3.05, 3.63) is 297 Å². The molecule has 0 aliphatic carbocycles. The Morgan fingerprint density at radius 2 is 0.587 bits per heavy atom. The number of rotatable bonds is 10. The van der Waals surface area contributed by atoms with Crippen LogP contribution in [0.1, 0.15) is 157 Å². The number of aryl methyl sites for hydroxylation is 16. The molecule has 0 spiro atoms. The third-order valence-corrected chi connectivity index (χ3v) is 21.1. The van der Waals surface area contributed by atoms with Crippen molar-refractivity contribution in [2.45, 2.75) is 156 Å². The van der Waals surface area contributed by atoms with E-state index in [2.05, 4.69) is 387 Å². The maximum absolute atomic E-state index is 4.73. The Kier molecular flexibility index (Phi) is 24.6. The van der Waals surface area contributed by atoms with Crippen LogP contribution in [0.15, 0.2) is 214 Å². The fourth-order valence-corrected chi connectivity index (χ4v) is 14.9. The van der Waals surface area contributed by atoms with Gasteiger partial charge in [0.15, 0.2) is 27.6 Å². The molecule has 0 amide bonds. The summed E-state index contributed by atoms with van der Waals surface area (Å²) >= 11 is 0. The van der Waals surface area contributed by atoms with Crippen LogP contribution in [-0.4, -0.2) is 24.9 Å². The molecule has 0 aliphatic rings. The molecule has 0 fully saturated rings. The monoisotopic (exact) mass is 1440 g/mol. The van der Waals surface area contributed by atoms with E-state index in [0.717, 1.165) is 34.0 Å². The first-order valence-corrected chi connectivity index (χ1v) is 38.7. The van der Waals surface area contributed by atoms with Crippen LogP contribution in [0.4, 0.5) is 0 Å². The molecule has 554 valence electrons. The van der Waals surface area contributed by atoms with E-state index in [0.29, 0.717) is 23.7 Å². The Bertz CT molecular complexity index is 5810. The fourth-order valence-electron chi connectivity index (χ4n) is 14.9. The minimum absolute atomic E-state index is 0.468. The second kappa shape index (κ2) is 34.0. The molecule has 0 saturated carbocycles. The van der Waals surface area contributed by atoms with Crippen LogP contribution in [0.3, 0.4) is 0 Å². The van der Waals surface area contributed by atoms with Crippen LogP contribution in [0.25, 0.3) is 111 Å². The number of nitrogens with zero attached hydrogens (tertiary/aromatic N) is 10. The standard InChI is InChI=1S/C21H25N2.3C20H23N2.C18H19N2/c1-14(2)11-17-7-6-8-18-20(17)22-13-23(5)21(18)19-12-15(3)9-10-16(19)4;1-13(2)16-8-9-19-18(11-16)20(22(5)12-21-19)17-10-14(3)6-7-15(17)4;1-13(2)16-8-9-17-19(11-16)21-12-22(5)20(17)18-10-14(3)6-7-15(18)4;1-13(2)16-7-6-8-17-19(16)21-12-22(5)20(17)18-11-14(3)9-10-15(18)4;1-12-5-7-14(3)15(9-12)18-16-10-13(2)6-8-17(16)19-11-20(18)4/h6-10,12-14H,11H2,1-5H3;3*6-13H,1-5H3;5-11H,1-4H3/q5*+1. The van der Waals surface area contributed by atoms with Gasteiger partial charge in [0.2, 0.25) is 0 Å². The number of fused-ring (bicyclic) bond motifs is 5. The lowest BCUT2D eigenvalue weighted by atomic mass is 9.95. The molecule has 0 unspecified atom stereocenters. The average Bonchev–Trinajstić information content (AvgIpc) is 0.792. The van der Waals surface area contributed by atoms with Gasteiger partial charge in [0.1, 0.15) is 28.5 Å². The van der Waals surface area contributed by atoms with E-state index in [1.54, 1.807) is 0 Å². The number of hydrogen-bond acceptors (Lipinski definition) is 5. The average molecular weight is 1440 g/mol. The van der Waals surface area contributed by atoms with Crippen molar-refractivity contribution in [2.75, 3.05) is 0 Å². The summed E-state index contributed by atoms with van der Waals surface area (Å²) in [6.07, 6.45) is 10.7. The number of para-hydroxylation sites is 2. The van der Waals surface area contributed by atoms with Crippen molar-refractivity contribution in [3.8, 4) is 56.3 Å². The van der Waals surface area contributed by atoms with Gasteiger partial charge in [0, 0.05) is 38.9 Å². The molecule has 0 bridgehead atoms. The normalized spacial score (nSPS) is 11.3. The Morgan fingerprint density at radius 1 is 0.266 bits per heavy atom. The molecule has 10 aromatic carbocycles. The minimum atomic E-state index is 0.468. The van der Waals surface area contributed by atoms with E-state index in [-0.39, 0.29) is 0 Å². The van der Waals surface area contributed by atoms with Crippen LogP contribution in [0, 0.1) is 82.1 Å². The molecule has 0 radical (unpaired) electrons. The second-order valence-electron chi connectivity index (χ2n) is 31.8. The molecule has 5 aromatic heterocycles. The predicted molar refractivity (Wildman–Crippen MR) is 455 cm³/mol. The zero-order valence-corrected chi connectivity index (χ0v) is 69.2. The van der Waals surface area contributed by atoms with E-state index in [4.69, 9.17) is 9.97 Å². The first-order valence-electron chi connectivity index (χ1n) is 38.7. The highest BCUT2D eigenvalue weighted by atomic mass is 15.0. The third kappa shape index (κ3) is 17.7. The van der Waals surface area contributed by atoms with Crippen LogP contribution in [-0.2, 0) is 41.7 Å². The number of hydrogen-bond donors (Lipinski definition) is 0. The van der Waals surface area contributed by atoms with Gasteiger partial charge in [-0.05, 0) is 249 Å². The first kappa shape index (κ1) is 79.0. The van der Waals surface area contributed by atoms with Crippen LogP contribution in [0.5, 0.6) is 0 Å². The first-order chi connectivity index (χ1) is 52.0. The predicted octanol–water partition coefficient (Wildman–Crippen LogP) is 21.6. The smallest absolute Gasteiger partial charge is 0.232 e. The van der Waals surface area contributed by atoms with Gasteiger partial charge in [-0.3, -0.25) is 0 Å². The van der Waals surface area contributed by atoms with Crippen LogP contribution in [0.2, 0.25) is 0 Å². The maximum Gasteiger partial charge on any atom is 0.287 e. The van der Waals surface area contributed by atoms with Crippen molar-refractivity contribution >= 4 is 54.5 Å². The molecular weight excluding hydrogens is 1330 g/mol. The Labute approximate surface area is 648 Å². The molecule has 5 heterocycles. The summed E-state index contributed by atoms with van der Waals surface area (Å²) in [6, 6.07) is 66.0. The van der Waals surface area contributed by atoms with E-state index < -0.39 is 0 Å². The van der Waals surface area contributed by atoms with E-state index in [9.17, 15) is 0 Å². The summed E-state index contributed by atoms with van der Waals surface area (Å²) in [7, 11) is 10.4. The molecule has 109 heavy (non-hydrogen) atoms. The lowest BCUT2D eigenvalue weighted by Crippen LogP contribution is -2.32. The molecule has 0 aliphatic heterocycles. The van der Waals surface area contributed by atoms with E-state index in [1.807, 2.05) is 31.6 Å². The van der Waals surface area contributed by atoms with Crippen molar-refractivity contribution in [1.82, 2.24) is 24.9 Å². The van der Waals surface area contributed by atoms with Crippen molar-refractivity contribution in [2.24, 2.45) is 41.2 Å². The SMILES string of the molecule is Cc1ccc(C)c(-c2c3cc(C(C)C)ccc3nc[n+]2C)c1.Cc1ccc(C)c(-c2c3cc(C)ccc3nc[n+]2C)c1.Cc1ccc(C)c(-c2c3ccc(C(C)C)cc3nc[n+]2C)c1.Cc1ccc(C)c(-c2c3cccc(C(C)C)c3nc[n+]2C)c1.Cc1ccc(C)c(-c2c3cccc(CC(C)C)c3nc[n+]2C)c1. The van der Waals surface area contributed by atoms with Gasteiger partial charge in [0.05, 0.1) is 62.2 Å². The molecular formula is C99H113N10+5. The highest BCUT2D eigenvalue weighted by Crippen LogP contribution is 2.36. The highest BCUT2D eigenvalue weighted by Gasteiger charge is 2.25. The van der Waals surface area contributed by atoms with Crippen LogP contribution >= 0.6 is 0 Å². The topological polar surface area (TPSA) is 83.8 Å². The molecule has 10 heteroatoms. The van der Waals surface area contributed by atoms with Gasteiger partial charge in [-0.15, -0.1) is 0 Å². The lowest BCUT2D eigenvalue weighted by molar-refractivity contribution is -0.662. The van der Waals surface area contributed by atoms with Gasteiger partial charge < -0.3 is 0 Å². The van der Waals surface area contributed by atoms with Crippen molar-refractivity contribution in [3.63, 3.8) is 0 Å². The third-order valence-electron chi connectivity index (χ3n) is 21.1. The molecule has 15 aromatic rings. The Morgan fingerprint density at radius 3 is 1.00 bits per heavy atom. The molecule has 10 nitrogen and oxygen atoms in total. The Hall–Kier alpha value is -11.1. The number of benzene rings is 10. The summed E-state index contributed by atoms with van der Waals surface area (Å²) in [6.45, 7) is 41.6. The van der Waals surface area contributed by atoms with Gasteiger partial charge in [-0.25, -0.2) is 22.8 Å². The second-order valence-corrected chi connectivity index (χ2v) is 31.8. The van der Waals surface area contributed by atoms with Crippen molar-refractivity contribution < 1.29 is 22.8 Å². The van der Waals surface area contributed by atoms with Gasteiger partial charge in [0.25, 0.3) is 31.6 Å². The molecule has 0 atom stereocenters. The summed E-state index contributed by atoms with van der Waals surface area (Å²) < 4.78 is 10.6. The maximum atomic E-state index is 4.73. The fraction of sp³-hybridized carbons (Fsp3) is 0.293. The molecule has 0 saturated heterocycles. The molecule has 0 N–H and O–H groups in total. The van der Waals surface area contributed by atoms with Crippen molar-refractivity contribution in [1.29, 1.82) is 0 Å². The quantitative estimate of drug-likeness (QED) is 0.127. The summed E-state index contributed by atoms with van der Waals surface area (Å²) in [5.74, 6) is 2.13. The molecule has 15 rings (SSSR count). The Balaban J connectivity index is 0.000000135. The zero-order chi connectivity index (χ0) is 78.4. The lowest BCUT2D eigenvalue weighted by Gasteiger charge is -2.12. The largest absolute Gasteiger partial charge is 0.287 e. The zero-order valence-electron chi connectivity index (χ0n) is 69.2. The highest BCUT2D eigenvalue weighted by molar-refractivity contribution is 5.96. The summed E-state index contributed by atoms with van der Waals surface area (Å²) in [5.41, 5.74) is 37.6. The van der Waals surface area contributed by atoms with E-state index in [1.165, 1.54) is 167 Å². The summed E-state index contributed by atoms with van der Waals surface area (Å²) in [5, 5.41) is 6.11. The van der Waals surface area contributed by atoms with Gasteiger partial charge >= 0.3 is 0 Å².